The molecule has 0 aliphatic carbocycles. The SMILES string of the molecule is CCC(N)c1ccc2cc[nH]c2c1. The van der Waals surface area contributed by atoms with Crippen molar-refractivity contribution in [2.24, 2.45) is 5.73 Å². The summed E-state index contributed by atoms with van der Waals surface area (Å²) in [5.41, 5.74) is 8.31. The van der Waals surface area contributed by atoms with Crippen molar-refractivity contribution in [2.45, 2.75) is 19.4 Å². The fraction of sp³-hybridized carbons (Fsp3) is 0.273. The van der Waals surface area contributed by atoms with Crippen LogP contribution >= 0.6 is 0 Å². The van der Waals surface area contributed by atoms with E-state index in [-0.39, 0.29) is 6.04 Å². The van der Waals surface area contributed by atoms with Gasteiger partial charge in [0.2, 0.25) is 0 Å². The molecule has 0 aliphatic heterocycles. The number of hydrogen-bond acceptors (Lipinski definition) is 1. The Bertz CT molecular complexity index is 403. The van der Waals surface area contributed by atoms with E-state index in [0.29, 0.717) is 0 Å². The molecule has 1 unspecified atom stereocenters. The summed E-state index contributed by atoms with van der Waals surface area (Å²) in [4.78, 5) is 3.18. The quantitative estimate of drug-likeness (QED) is 0.722. The lowest BCUT2D eigenvalue weighted by Gasteiger charge is -2.08. The van der Waals surface area contributed by atoms with E-state index in [2.05, 4.69) is 36.2 Å². The molecule has 2 nitrogen and oxygen atoms in total. The highest BCUT2D eigenvalue weighted by Gasteiger charge is 2.03. The molecule has 13 heavy (non-hydrogen) atoms. The van der Waals surface area contributed by atoms with Crippen molar-refractivity contribution in [2.75, 3.05) is 0 Å². The number of nitrogens with one attached hydrogen (secondary N) is 1. The standard InChI is InChI=1S/C11H14N2/c1-2-10(12)9-4-3-8-5-6-13-11(8)7-9/h3-7,10,13H,2,12H2,1H3. The molecule has 1 aromatic carbocycles. The zero-order valence-corrected chi connectivity index (χ0v) is 7.75. The molecule has 0 saturated heterocycles. The highest BCUT2D eigenvalue weighted by Crippen LogP contribution is 2.19. The first-order chi connectivity index (χ1) is 6.31. The first-order valence-electron chi connectivity index (χ1n) is 4.64. The Labute approximate surface area is 77.8 Å². The topological polar surface area (TPSA) is 41.8 Å². The third-order valence-corrected chi connectivity index (χ3v) is 2.45. The lowest BCUT2D eigenvalue weighted by Crippen LogP contribution is -2.08. The Balaban J connectivity index is 2.48. The number of fused-ring (bicyclic) bond motifs is 1. The van der Waals surface area contributed by atoms with Gasteiger partial charge in [-0.05, 0) is 29.5 Å². The van der Waals surface area contributed by atoms with Crippen LogP contribution in [0.15, 0.2) is 30.5 Å². The van der Waals surface area contributed by atoms with E-state index in [4.69, 9.17) is 5.73 Å². The average Bonchev–Trinajstić information content (AvgIpc) is 2.63. The first-order valence-corrected chi connectivity index (χ1v) is 4.64. The van der Waals surface area contributed by atoms with Crippen molar-refractivity contribution < 1.29 is 0 Å². The van der Waals surface area contributed by atoms with Crippen LogP contribution in [0.5, 0.6) is 0 Å². The summed E-state index contributed by atoms with van der Waals surface area (Å²) >= 11 is 0. The van der Waals surface area contributed by atoms with Gasteiger partial charge in [-0.25, -0.2) is 0 Å². The summed E-state index contributed by atoms with van der Waals surface area (Å²) in [6, 6.07) is 8.56. The zero-order chi connectivity index (χ0) is 9.26. The molecule has 0 fully saturated rings. The molecular weight excluding hydrogens is 160 g/mol. The highest BCUT2D eigenvalue weighted by molar-refractivity contribution is 5.79. The number of aromatic nitrogens is 1. The van der Waals surface area contributed by atoms with Crippen LogP contribution in [0.3, 0.4) is 0 Å². The Morgan fingerprint density at radius 3 is 3.00 bits per heavy atom. The fourth-order valence-electron chi connectivity index (χ4n) is 1.53. The maximum absolute atomic E-state index is 5.94. The van der Waals surface area contributed by atoms with Crippen molar-refractivity contribution in [3.05, 3.63) is 36.0 Å². The van der Waals surface area contributed by atoms with E-state index in [1.165, 1.54) is 16.5 Å². The molecule has 0 amide bonds. The van der Waals surface area contributed by atoms with Crippen LogP contribution in [-0.4, -0.2) is 4.98 Å². The van der Waals surface area contributed by atoms with E-state index in [0.717, 1.165) is 6.42 Å². The van der Waals surface area contributed by atoms with Crippen LogP contribution in [0.2, 0.25) is 0 Å². The molecule has 0 saturated carbocycles. The minimum absolute atomic E-state index is 0.160. The maximum Gasteiger partial charge on any atom is 0.0457 e. The summed E-state index contributed by atoms with van der Waals surface area (Å²) in [5.74, 6) is 0. The maximum atomic E-state index is 5.94. The van der Waals surface area contributed by atoms with Gasteiger partial charge in [-0.2, -0.15) is 0 Å². The van der Waals surface area contributed by atoms with Crippen molar-refractivity contribution in [1.82, 2.24) is 4.98 Å². The summed E-state index contributed by atoms with van der Waals surface area (Å²) < 4.78 is 0. The number of rotatable bonds is 2. The van der Waals surface area contributed by atoms with Gasteiger partial charge < -0.3 is 10.7 Å². The van der Waals surface area contributed by atoms with E-state index >= 15 is 0 Å². The van der Waals surface area contributed by atoms with Gasteiger partial charge in [0.05, 0.1) is 0 Å². The molecule has 2 aromatic rings. The molecule has 0 spiro atoms. The molecule has 1 heterocycles. The van der Waals surface area contributed by atoms with Gasteiger partial charge in [-0.15, -0.1) is 0 Å². The first kappa shape index (κ1) is 8.32. The summed E-state index contributed by atoms with van der Waals surface area (Å²) in [7, 11) is 0. The molecule has 68 valence electrons. The van der Waals surface area contributed by atoms with Crippen LogP contribution in [0.1, 0.15) is 24.9 Å². The van der Waals surface area contributed by atoms with Crippen LogP contribution in [0, 0.1) is 0 Å². The zero-order valence-electron chi connectivity index (χ0n) is 7.75. The Morgan fingerprint density at radius 1 is 1.38 bits per heavy atom. The molecule has 0 bridgehead atoms. The van der Waals surface area contributed by atoms with Gasteiger partial charge in [-0.1, -0.05) is 19.1 Å². The highest BCUT2D eigenvalue weighted by atomic mass is 14.7. The Morgan fingerprint density at radius 2 is 2.23 bits per heavy atom. The molecule has 0 radical (unpaired) electrons. The minimum Gasteiger partial charge on any atom is -0.361 e. The number of H-pyrrole nitrogens is 1. The second-order valence-electron chi connectivity index (χ2n) is 3.34. The second-order valence-corrected chi connectivity index (χ2v) is 3.34. The van der Waals surface area contributed by atoms with Crippen LogP contribution in [0.4, 0.5) is 0 Å². The van der Waals surface area contributed by atoms with Gasteiger partial charge in [0.1, 0.15) is 0 Å². The summed E-state index contributed by atoms with van der Waals surface area (Å²) in [6.45, 7) is 2.10. The molecule has 1 aromatic heterocycles. The van der Waals surface area contributed by atoms with Gasteiger partial charge in [0.25, 0.3) is 0 Å². The molecule has 1 atom stereocenters. The van der Waals surface area contributed by atoms with Crippen molar-refractivity contribution >= 4 is 10.9 Å². The third-order valence-electron chi connectivity index (χ3n) is 2.45. The van der Waals surface area contributed by atoms with Crippen LogP contribution in [0.25, 0.3) is 10.9 Å². The van der Waals surface area contributed by atoms with E-state index < -0.39 is 0 Å². The van der Waals surface area contributed by atoms with Crippen molar-refractivity contribution in [1.29, 1.82) is 0 Å². The Hall–Kier alpha value is -1.28. The monoisotopic (exact) mass is 174 g/mol. The van der Waals surface area contributed by atoms with Crippen molar-refractivity contribution in [3.63, 3.8) is 0 Å². The Kier molecular flexibility index (Phi) is 2.07. The normalized spacial score (nSPS) is 13.4. The lowest BCUT2D eigenvalue weighted by atomic mass is 10.0. The summed E-state index contributed by atoms with van der Waals surface area (Å²) in [5, 5.41) is 1.24. The molecule has 0 aliphatic rings. The number of nitrogens with two attached hydrogens (primary N) is 1. The van der Waals surface area contributed by atoms with Gasteiger partial charge >= 0.3 is 0 Å². The molecular formula is C11H14N2. The summed E-state index contributed by atoms with van der Waals surface area (Å²) in [6.07, 6.45) is 2.93. The lowest BCUT2D eigenvalue weighted by molar-refractivity contribution is 0.699. The fourth-order valence-corrected chi connectivity index (χ4v) is 1.53. The molecule has 2 rings (SSSR count). The number of hydrogen-bond donors (Lipinski definition) is 2. The van der Waals surface area contributed by atoms with E-state index in [1.807, 2.05) is 6.20 Å². The van der Waals surface area contributed by atoms with Crippen LogP contribution < -0.4 is 5.73 Å². The predicted molar refractivity (Wildman–Crippen MR) is 55.5 cm³/mol. The van der Waals surface area contributed by atoms with Crippen LogP contribution in [-0.2, 0) is 0 Å². The van der Waals surface area contributed by atoms with Gasteiger partial charge in [-0.3, -0.25) is 0 Å². The minimum atomic E-state index is 0.160. The molecule has 2 heteroatoms. The van der Waals surface area contributed by atoms with Gasteiger partial charge in [0.15, 0.2) is 0 Å². The number of benzene rings is 1. The predicted octanol–water partition coefficient (Wildman–Crippen LogP) is 2.58. The third kappa shape index (κ3) is 1.45. The van der Waals surface area contributed by atoms with Crippen molar-refractivity contribution in [3.8, 4) is 0 Å². The van der Waals surface area contributed by atoms with E-state index in [1.54, 1.807) is 0 Å². The van der Waals surface area contributed by atoms with Gasteiger partial charge in [0, 0.05) is 17.8 Å². The van der Waals surface area contributed by atoms with E-state index in [9.17, 15) is 0 Å². The molecule has 3 N–H and O–H groups in total. The second kappa shape index (κ2) is 3.23. The smallest absolute Gasteiger partial charge is 0.0457 e. The largest absolute Gasteiger partial charge is 0.361 e. The average molecular weight is 174 g/mol. The number of aromatic amines is 1.